The van der Waals surface area contributed by atoms with Crippen LogP contribution < -0.4 is 9.47 Å². The molecule has 0 aromatic heterocycles. The van der Waals surface area contributed by atoms with Gasteiger partial charge in [-0.25, -0.2) is 0 Å². The number of hydrogen-bond donors (Lipinski definition) is 0. The molecule has 0 N–H and O–H groups in total. The molecular formula is C23H21N3O6. The molecule has 32 heavy (non-hydrogen) atoms. The van der Waals surface area contributed by atoms with Crippen molar-refractivity contribution in [1.82, 2.24) is 14.7 Å². The quantitative estimate of drug-likeness (QED) is 0.676. The molecule has 0 aliphatic carbocycles. The monoisotopic (exact) mass is 435 g/mol. The van der Waals surface area contributed by atoms with Crippen LogP contribution in [0.4, 0.5) is 0 Å². The fourth-order valence-corrected chi connectivity index (χ4v) is 4.28. The van der Waals surface area contributed by atoms with Gasteiger partial charge in [0, 0.05) is 31.7 Å². The number of nitrogens with zero attached hydrogens (tertiary/aromatic N) is 3. The molecule has 0 saturated carbocycles. The van der Waals surface area contributed by atoms with E-state index in [0.717, 1.165) is 4.90 Å². The summed E-state index contributed by atoms with van der Waals surface area (Å²) in [6, 6.07) is 10.7. The number of carbonyl (C=O) groups is 4. The van der Waals surface area contributed by atoms with E-state index < -0.39 is 17.9 Å². The van der Waals surface area contributed by atoms with Crippen LogP contribution in [0.1, 0.15) is 38.0 Å². The lowest BCUT2D eigenvalue weighted by Crippen LogP contribution is -2.56. The highest BCUT2D eigenvalue weighted by Gasteiger charge is 2.42. The van der Waals surface area contributed by atoms with Crippen molar-refractivity contribution in [3.8, 4) is 11.5 Å². The maximum atomic E-state index is 13.0. The molecule has 1 fully saturated rings. The molecule has 3 heterocycles. The average molecular weight is 435 g/mol. The van der Waals surface area contributed by atoms with Crippen LogP contribution in [0.3, 0.4) is 0 Å². The van der Waals surface area contributed by atoms with E-state index >= 15 is 0 Å². The lowest BCUT2D eigenvalue weighted by Gasteiger charge is -2.37. The van der Waals surface area contributed by atoms with Crippen molar-refractivity contribution in [2.45, 2.75) is 13.0 Å². The molecular weight excluding hydrogens is 414 g/mol. The summed E-state index contributed by atoms with van der Waals surface area (Å²) in [6.45, 7) is 3.06. The van der Waals surface area contributed by atoms with Gasteiger partial charge >= 0.3 is 0 Å². The Morgan fingerprint density at radius 2 is 1.44 bits per heavy atom. The number of imide groups is 1. The SMILES string of the molecule is CC(C(=O)N1CCN(C(=O)c2ccc3c(c2)OCO3)CC1)N1C(=O)c2ccccc2C1=O. The van der Waals surface area contributed by atoms with E-state index in [4.69, 9.17) is 9.47 Å². The molecule has 3 aliphatic rings. The van der Waals surface area contributed by atoms with Crippen molar-refractivity contribution in [2.75, 3.05) is 33.0 Å². The second-order valence-electron chi connectivity index (χ2n) is 7.89. The molecule has 2 aromatic rings. The van der Waals surface area contributed by atoms with Crippen LogP contribution >= 0.6 is 0 Å². The van der Waals surface area contributed by atoms with Crippen molar-refractivity contribution in [3.05, 3.63) is 59.2 Å². The second-order valence-corrected chi connectivity index (χ2v) is 7.89. The molecule has 0 spiro atoms. The van der Waals surface area contributed by atoms with Gasteiger partial charge in [0.1, 0.15) is 6.04 Å². The zero-order chi connectivity index (χ0) is 22.4. The van der Waals surface area contributed by atoms with Gasteiger partial charge in [-0.15, -0.1) is 0 Å². The van der Waals surface area contributed by atoms with Gasteiger partial charge in [0.05, 0.1) is 11.1 Å². The van der Waals surface area contributed by atoms with Gasteiger partial charge in [-0.2, -0.15) is 0 Å². The Labute approximate surface area is 184 Å². The number of carbonyl (C=O) groups excluding carboxylic acids is 4. The fraction of sp³-hybridized carbons (Fsp3) is 0.304. The van der Waals surface area contributed by atoms with Crippen LogP contribution in [0.5, 0.6) is 11.5 Å². The Bertz CT molecular complexity index is 1100. The van der Waals surface area contributed by atoms with E-state index in [1.165, 1.54) is 0 Å². The summed E-state index contributed by atoms with van der Waals surface area (Å²) in [5.41, 5.74) is 1.13. The van der Waals surface area contributed by atoms with Crippen molar-refractivity contribution < 1.29 is 28.7 Å². The van der Waals surface area contributed by atoms with Gasteiger partial charge < -0.3 is 19.3 Å². The van der Waals surface area contributed by atoms with Crippen LogP contribution in [0.25, 0.3) is 0 Å². The smallest absolute Gasteiger partial charge is 0.262 e. The summed E-state index contributed by atoms with van der Waals surface area (Å²) in [4.78, 5) is 55.6. The van der Waals surface area contributed by atoms with E-state index in [2.05, 4.69) is 0 Å². The van der Waals surface area contributed by atoms with Crippen LogP contribution in [-0.2, 0) is 4.79 Å². The number of rotatable bonds is 3. The van der Waals surface area contributed by atoms with E-state index in [1.54, 1.807) is 59.2 Å². The molecule has 3 aliphatic heterocycles. The van der Waals surface area contributed by atoms with E-state index in [0.29, 0.717) is 54.4 Å². The lowest BCUT2D eigenvalue weighted by molar-refractivity contribution is -0.136. The number of fused-ring (bicyclic) bond motifs is 2. The summed E-state index contributed by atoms with van der Waals surface area (Å²) >= 11 is 0. The molecule has 0 radical (unpaired) electrons. The van der Waals surface area contributed by atoms with Crippen molar-refractivity contribution in [3.63, 3.8) is 0 Å². The molecule has 164 valence electrons. The van der Waals surface area contributed by atoms with Crippen LogP contribution in [0.2, 0.25) is 0 Å². The molecule has 0 bridgehead atoms. The van der Waals surface area contributed by atoms with Gasteiger partial charge in [0.2, 0.25) is 12.7 Å². The maximum Gasteiger partial charge on any atom is 0.262 e. The van der Waals surface area contributed by atoms with Gasteiger partial charge in [-0.3, -0.25) is 24.1 Å². The van der Waals surface area contributed by atoms with E-state index in [-0.39, 0.29) is 18.6 Å². The van der Waals surface area contributed by atoms with Crippen LogP contribution in [-0.4, -0.2) is 77.3 Å². The molecule has 4 amide bonds. The Balaban J connectivity index is 1.23. The fourth-order valence-electron chi connectivity index (χ4n) is 4.28. The Hall–Kier alpha value is -3.88. The van der Waals surface area contributed by atoms with Gasteiger partial charge in [0.15, 0.2) is 11.5 Å². The van der Waals surface area contributed by atoms with Gasteiger partial charge in [-0.05, 0) is 37.3 Å². The first-order chi connectivity index (χ1) is 15.5. The molecule has 1 unspecified atom stereocenters. The first-order valence-corrected chi connectivity index (χ1v) is 10.4. The third-order valence-corrected chi connectivity index (χ3v) is 6.07. The Kier molecular flexibility index (Phi) is 4.80. The molecule has 1 atom stereocenters. The Morgan fingerprint density at radius 3 is 2.09 bits per heavy atom. The highest BCUT2D eigenvalue weighted by Crippen LogP contribution is 2.33. The zero-order valence-corrected chi connectivity index (χ0v) is 17.4. The first-order valence-electron chi connectivity index (χ1n) is 10.4. The molecule has 9 heteroatoms. The number of piperazine rings is 1. The van der Waals surface area contributed by atoms with Gasteiger partial charge in [-0.1, -0.05) is 12.1 Å². The van der Waals surface area contributed by atoms with Gasteiger partial charge in [0.25, 0.3) is 17.7 Å². The lowest BCUT2D eigenvalue weighted by atomic mass is 10.1. The highest BCUT2D eigenvalue weighted by molar-refractivity contribution is 6.22. The maximum absolute atomic E-state index is 13.0. The van der Waals surface area contributed by atoms with E-state index in [9.17, 15) is 19.2 Å². The molecule has 1 saturated heterocycles. The largest absolute Gasteiger partial charge is 0.454 e. The van der Waals surface area contributed by atoms with Crippen LogP contribution in [0.15, 0.2) is 42.5 Å². The topological polar surface area (TPSA) is 96.5 Å². The average Bonchev–Trinajstić information content (AvgIpc) is 3.40. The number of ether oxygens (including phenoxy) is 2. The number of amides is 4. The summed E-state index contributed by atoms with van der Waals surface area (Å²) in [7, 11) is 0. The van der Waals surface area contributed by atoms with E-state index in [1.807, 2.05) is 0 Å². The predicted molar refractivity (Wildman–Crippen MR) is 111 cm³/mol. The Morgan fingerprint density at radius 1 is 0.844 bits per heavy atom. The zero-order valence-electron chi connectivity index (χ0n) is 17.4. The normalized spacial score (nSPS) is 18.1. The standard InChI is InChI=1S/C23H21N3O6/c1-14(26-22(29)16-4-2-3-5-17(16)23(26)30)20(27)24-8-10-25(11-9-24)21(28)15-6-7-18-19(12-15)32-13-31-18/h2-7,12,14H,8-11,13H2,1H3. The highest BCUT2D eigenvalue weighted by atomic mass is 16.7. The van der Waals surface area contributed by atoms with Crippen LogP contribution in [0, 0.1) is 0 Å². The molecule has 9 nitrogen and oxygen atoms in total. The number of hydrogen-bond acceptors (Lipinski definition) is 6. The minimum absolute atomic E-state index is 0.138. The minimum atomic E-state index is -0.918. The number of benzene rings is 2. The summed E-state index contributed by atoms with van der Waals surface area (Å²) < 4.78 is 10.6. The third kappa shape index (κ3) is 3.17. The second kappa shape index (κ2) is 7.67. The third-order valence-electron chi connectivity index (χ3n) is 6.07. The summed E-state index contributed by atoms with van der Waals surface area (Å²) in [5, 5.41) is 0. The van der Waals surface area contributed by atoms with Crippen molar-refractivity contribution >= 4 is 23.6 Å². The minimum Gasteiger partial charge on any atom is -0.454 e. The summed E-state index contributed by atoms with van der Waals surface area (Å²) in [6.07, 6.45) is 0. The predicted octanol–water partition coefficient (Wildman–Crippen LogP) is 1.38. The summed E-state index contributed by atoms with van der Waals surface area (Å²) in [5.74, 6) is -0.219. The molecule has 5 rings (SSSR count). The van der Waals surface area contributed by atoms with Crippen molar-refractivity contribution in [1.29, 1.82) is 0 Å². The molecule has 2 aromatic carbocycles. The van der Waals surface area contributed by atoms with Crippen molar-refractivity contribution in [2.24, 2.45) is 0 Å². The first kappa shape index (κ1) is 20.0.